The van der Waals surface area contributed by atoms with Gasteiger partial charge < -0.3 is 10.1 Å². The summed E-state index contributed by atoms with van der Waals surface area (Å²) in [5.41, 5.74) is 0. The third kappa shape index (κ3) is 4.10. The van der Waals surface area contributed by atoms with Crippen molar-refractivity contribution >= 4 is 0 Å². The van der Waals surface area contributed by atoms with Gasteiger partial charge >= 0.3 is 0 Å². The highest BCUT2D eigenvalue weighted by Crippen LogP contribution is 2.09. The summed E-state index contributed by atoms with van der Waals surface area (Å²) in [5.74, 6) is 0.765. The average Bonchev–Trinajstić information content (AvgIpc) is 2.65. The van der Waals surface area contributed by atoms with E-state index in [0.717, 1.165) is 19.1 Å². The van der Waals surface area contributed by atoms with Gasteiger partial charge in [-0.3, -0.25) is 0 Å². The molecule has 1 heterocycles. The molecular formula is C11H23NO. The Morgan fingerprint density at radius 2 is 2.15 bits per heavy atom. The second-order valence-corrected chi connectivity index (χ2v) is 4.01. The Hall–Kier alpha value is -0.0800. The van der Waals surface area contributed by atoms with Crippen molar-refractivity contribution in [2.75, 3.05) is 19.8 Å². The van der Waals surface area contributed by atoms with Gasteiger partial charge in [0.05, 0.1) is 6.61 Å². The van der Waals surface area contributed by atoms with Crippen molar-refractivity contribution in [2.24, 2.45) is 5.92 Å². The first-order chi connectivity index (χ1) is 6.36. The first-order valence-electron chi connectivity index (χ1n) is 5.68. The van der Waals surface area contributed by atoms with E-state index < -0.39 is 0 Å². The lowest BCUT2D eigenvalue weighted by molar-refractivity contribution is 0.0825. The lowest BCUT2D eigenvalue weighted by atomic mass is 10.1. The van der Waals surface area contributed by atoms with Crippen LogP contribution in [0.5, 0.6) is 0 Å². The fourth-order valence-corrected chi connectivity index (χ4v) is 1.80. The van der Waals surface area contributed by atoms with Gasteiger partial charge in [-0.2, -0.15) is 0 Å². The second kappa shape index (κ2) is 6.39. The Labute approximate surface area is 82.0 Å². The van der Waals surface area contributed by atoms with Crippen molar-refractivity contribution in [1.29, 1.82) is 0 Å². The fourth-order valence-electron chi connectivity index (χ4n) is 1.80. The van der Waals surface area contributed by atoms with Gasteiger partial charge in [0.25, 0.3) is 0 Å². The predicted octanol–water partition coefficient (Wildman–Crippen LogP) is 2.19. The van der Waals surface area contributed by atoms with Crippen LogP contribution < -0.4 is 5.32 Å². The summed E-state index contributed by atoms with van der Waals surface area (Å²) in [4.78, 5) is 0. The smallest absolute Gasteiger partial charge is 0.0619 e. The van der Waals surface area contributed by atoms with E-state index in [0.29, 0.717) is 6.04 Å². The average molecular weight is 185 g/mol. The zero-order chi connectivity index (χ0) is 9.52. The largest absolute Gasteiger partial charge is 0.380 e. The molecule has 0 amide bonds. The Morgan fingerprint density at radius 3 is 2.69 bits per heavy atom. The zero-order valence-corrected chi connectivity index (χ0v) is 9.01. The second-order valence-electron chi connectivity index (χ2n) is 4.01. The maximum absolute atomic E-state index is 5.70. The maximum atomic E-state index is 5.70. The van der Waals surface area contributed by atoms with E-state index in [9.17, 15) is 0 Å². The third-order valence-electron chi connectivity index (χ3n) is 2.99. The van der Waals surface area contributed by atoms with Crippen LogP contribution in [0.4, 0.5) is 0 Å². The van der Waals surface area contributed by atoms with E-state index in [-0.39, 0.29) is 0 Å². The molecule has 1 aliphatic heterocycles. The van der Waals surface area contributed by atoms with Gasteiger partial charge in [-0.1, -0.05) is 26.7 Å². The summed E-state index contributed by atoms with van der Waals surface area (Å²) in [6.07, 6.45) is 5.10. The van der Waals surface area contributed by atoms with Crippen LogP contribution in [-0.4, -0.2) is 25.8 Å². The Morgan fingerprint density at radius 1 is 1.38 bits per heavy atom. The van der Waals surface area contributed by atoms with Gasteiger partial charge in [0, 0.05) is 12.6 Å². The standard InChI is InChI=1S/C11H23NO/c1-3-10(4-2)8-13-9-11-6-5-7-12-11/h10-12H,3-9H2,1-2H3. The number of rotatable bonds is 6. The van der Waals surface area contributed by atoms with Crippen LogP contribution in [0.3, 0.4) is 0 Å². The van der Waals surface area contributed by atoms with Crippen LogP contribution >= 0.6 is 0 Å². The number of hydrogen-bond acceptors (Lipinski definition) is 2. The highest BCUT2D eigenvalue weighted by atomic mass is 16.5. The first-order valence-corrected chi connectivity index (χ1v) is 5.68. The van der Waals surface area contributed by atoms with Crippen molar-refractivity contribution in [3.8, 4) is 0 Å². The number of ether oxygens (including phenoxy) is 1. The summed E-state index contributed by atoms with van der Waals surface area (Å²) in [6, 6.07) is 0.634. The molecule has 0 saturated carbocycles. The van der Waals surface area contributed by atoms with Gasteiger partial charge in [0.2, 0.25) is 0 Å². The molecule has 0 bridgehead atoms. The Kier molecular flexibility index (Phi) is 5.40. The van der Waals surface area contributed by atoms with Crippen molar-refractivity contribution in [2.45, 2.75) is 45.6 Å². The van der Waals surface area contributed by atoms with Gasteiger partial charge in [-0.25, -0.2) is 0 Å². The molecule has 0 aliphatic carbocycles. The predicted molar refractivity (Wildman–Crippen MR) is 55.9 cm³/mol. The SMILES string of the molecule is CCC(CC)COCC1CCCN1. The van der Waals surface area contributed by atoms with Crippen LogP contribution in [0.1, 0.15) is 39.5 Å². The highest BCUT2D eigenvalue weighted by Gasteiger charge is 2.14. The van der Waals surface area contributed by atoms with Gasteiger partial charge in [-0.05, 0) is 25.3 Å². The molecule has 1 N–H and O–H groups in total. The minimum atomic E-state index is 0.634. The molecule has 0 radical (unpaired) electrons. The molecule has 13 heavy (non-hydrogen) atoms. The Balaban J connectivity index is 1.98. The number of hydrogen-bond donors (Lipinski definition) is 1. The number of nitrogens with one attached hydrogen (secondary N) is 1. The molecule has 0 aromatic carbocycles. The molecule has 78 valence electrons. The van der Waals surface area contributed by atoms with Crippen LogP contribution in [0.2, 0.25) is 0 Å². The lowest BCUT2D eigenvalue weighted by Gasteiger charge is -2.15. The molecule has 1 saturated heterocycles. The van der Waals surface area contributed by atoms with Crippen molar-refractivity contribution < 1.29 is 4.74 Å². The maximum Gasteiger partial charge on any atom is 0.0619 e. The van der Waals surface area contributed by atoms with Crippen molar-refractivity contribution in [3.05, 3.63) is 0 Å². The molecule has 2 nitrogen and oxygen atoms in total. The van der Waals surface area contributed by atoms with Gasteiger partial charge in [0.1, 0.15) is 0 Å². The van der Waals surface area contributed by atoms with Gasteiger partial charge in [0.15, 0.2) is 0 Å². The molecule has 1 rings (SSSR count). The summed E-state index contributed by atoms with van der Waals surface area (Å²) >= 11 is 0. The molecule has 2 heteroatoms. The van der Waals surface area contributed by atoms with E-state index in [2.05, 4.69) is 19.2 Å². The highest BCUT2D eigenvalue weighted by molar-refractivity contribution is 4.73. The van der Waals surface area contributed by atoms with E-state index >= 15 is 0 Å². The van der Waals surface area contributed by atoms with E-state index in [1.54, 1.807) is 0 Å². The Bertz CT molecular complexity index is 115. The summed E-state index contributed by atoms with van der Waals surface area (Å²) in [6.45, 7) is 7.53. The van der Waals surface area contributed by atoms with Crippen LogP contribution in [-0.2, 0) is 4.74 Å². The molecule has 1 aliphatic rings. The van der Waals surface area contributed by atoms with E-state index in [1.165, 1.54) is 32.2 Å². The molecule has 0 spiro atoms. The van der Waals surface area contributed by atoms with Crippen LogP contribution in [0.25, 0.3) is 0 Å². The minimum Gasteiger partial charge on any atom is -0.380 e. The summed E-state index contributed by atoms with van der Waals surface area (Å²) in [7, 11) is 0. The quantitative estimate of drug-likeness (QED) is 0.685. The molecular weight excluding hydrogens is 162 g/mol. The van der Waals surface area contributed by atoms with E-state index in [4.69, 9.17) is 4.74 Å². The molecule has 1 unspecified atom stereocenters. The zero-order valence-electron chi connectivity index (χ0n) is 9.01. The van der Waals surface area contributed by atoms with Crippen molar-refractivity contribution in [3.63, 3.8) is 0 Å². The monoisotopic (exact) mass is 185 g/mol. The van der Waals surface area contributed by atoms with Crippen LogP contribution in [0.15, 0.2) is 0 Å². The minimum absolute atomic E-state index is 0.634. The fraction of sp³-hybridized carbons (Fsp3) is 1.00. The third-order valence-corrected chi connectivity index (χ3v) is 2.99. The lowest BCUT2D eigenvalue weighted by Crippen LogP contribution is -2.27. The normalized spacial score (nSPS) is 22.8. The molecule has 0 aromatic rings. The molecule has 1 atom stereocenters. The first kappa shape index (κ1) is 11.0. The summed E-state index contributed by atoms with van der Waals surface area (Å²) < 4.78 is 5.70. The van der Waals surface area contributed by atoms with Crippen molar-refractivity contribution in [1.82, 2.24) is 5.32 Å². The topological polar surface area (TPSA) is 21.3 Å². The van der Waals surface area contributed by atoms with Crippen LogP contribution in [0, 0.1) is 5.92 Å². The van der Waals surface area contributed by atoms with E-state index in [1.807, 2.05) is 0 Å². The van der Waals surface area contributed by atoms with Gasteiger partial charge in [-0.15, -0.1) is 0 Å². The molecule has 0 aromatic heterocycles. The summed E-state index contributed by atoms with van der Waals surface area (Å²) in [5, 5.41) is 3.44. The molecule has 1 fully saturated rings.